The molecule has 3 aromatic rings. The summed E-state index contributed by atoms with van der Waals surface area (Å²) in [4.78, 5) is 10.1. The van der Waals surface area contributed by atoms with Crippen LogP contribution in [-0.4, -0.2) is 9.97 Å². The lowest BCUT2D eigenvalue weighted by molar-refractivity contribution is 1.26. The zero-order valence-electron chi connectivity index (χ0n) is 9.25. The van der Waals surface area contributed by atoms with Crippen LogP contribution in [0, 0.1) is 6.92 Å². The first-order valence-electron chi connectivity index (χ1n) is 5.26. The Morgan fingerprint density at radius 1 is 1.06 bits per heavy atom. The molecule has 0 radical (unpaired) electrons. The molecule has 17 heavy (non-hydrogen) atoms. The quantitative estimate of drug-likeness (QED) is 0.687. The molecular formula is C13H10N2S2. The summed E-state index contributed by atoms with van der Waals surface area (Å²) >= 11 is 3.32. The van der Waals surface area contributed by atoms with Gasteiger partial charge in [-0.05, 0) is 6.92 Å². The Kier molecular flexibility index (Phi) is 2.74. The monoisotopic (exact) mass is 258 g/mol. The second kappa shape index (κ2) is 4.39. The van der Waals surface area contributed by atoms with Crippen LogP contribution in [0.1, 0.15) is 5.69 Å². The largest absolute Gasteiger partial charge is 0.249 e. The van der Waals surface area contributed by atoms with Crippen molar-refractivity contribution in [3.63, 3.8) is 0 Å². The standard InChI is InChI=1S/C13H10N2S2/c1-9-12(17-8-14-9)11-7-16-13(15-11)10-5-3-2-4-6-10/h2-8H,1H3. The highest BCUT2D eigenvalue weighted by molar-refractivity contribution is 7.15. The number of benzene rings is 1. The van der Waals surface area contributed by atoms with E-state index in [9.17, 15) is 0 Å². The maximum atomic E-state index is 4.67. The maximum absolute atomic E-state index is 4.67. The summed E-state index contributed by atoms with van der Waals surface area (Å²) in [5.74, 6) is 0. The van der Waals surface area contributed by atoms with Crippen LogP contribution in [-0.2, 0) is 0 Å². The van der Waals surface area contributed by atoms with Crippen molar-refractivity contribution < 1.29 is 0 Å². The summed E-state index contributed by atoms with van der Waals surface area (Å²) in [5.41, 5.74) is 5.13. The van der Waals surface area contributed by atoms with E-state index in [1.807, 2.05) is 30.6 Å². The summed E-state index contributed by atoms with van der Waals surface area (Å²) in [6, 6.07) is 10.3. The first-order chi connectivity index (χ1) is 8.34. The van der Waals surface area contributed by atoms with Crippen LogP contribution in [0.2, 0.25) is 0 Å². The van der Waals surface area contributed by atoms with Crippen molar-refractivity contribution in [2.75, 3.05) is 0 Å². The van der Waals surface area contributed by atoms with Gasteiger partial charge in [-0.1, -0.05) is 30.3 Å². The molecule has 2 heterocycles. The molecule has 0 amide bonds. The van der Waals surface area contributed by atoms with E-state index in [-0.39, 0.29) is 0 Å². The SMILES string of the molecule is Cc1ncsc1-c1csc(-c2ccccc2)n1. The van der Waals surface area contributed by atoms with Gasteiger partial charge in [0.15, 0.2) is 0 Å². The van der Waals surface area contributed by atoms with Gasteiger partial charge in [-0.25, -0.2) is 9.97 Å². The van der Waals surface area contributed by atoms with Crippen LogP contribution in [0.5, 0.6) is 0 Å². The van der Waals surface area contributed by atoms with Gasteiger partial charge in [-0.15, -0.1) is 22.7 Å². The lowest BCUT2D eigenvalue weighted by Gasteiger charge is -1.94. The number of thiazole rings is 2. The molecule has 3 rings (SSSR count). The minimum atomic E-state index is 1.04. The summed E-state index contributed by atoms with van der Waals surface area (Å²) in [6.45, 7) is 2.02. The predicted molar refractivity (Wildman–Crippen MR) is 73.4 cm³/mol. The molecule has 84 valence electrons. The van der Waals surface area contributed by atoms with E-state index in [4.69, 9.17) is 0 Å². The number of hydrogen-bond donors (Lipinski definition) is 0. The number of aryl methyl sites for hydroxylation is 1. The van der Waals surface area contributed by atoms with Crippen molar-refractivity contribution in [2.24, 2.45) is 0 Å². The minimum absolute atomic E-state index is 1.04. The first-order valence-corrected chi connectivity index (χ1v) is 7.02. The van der Waals surface area contributed by atoms with E-state index >= 15 is 0 Å². The summed E-state index contributed by atoms with van der Waals surface area (Å²) in [5, 5.41) is 3.16. The van der Waals surface area contributed by atoms with Crippen LogP contribution in [0.25, 0.3) is 21.1 Å². The average molecular weight is 258 g/mol. The molecule has 0 saturated carbocycles. The van der Waals surface area contributed by atoms with Crippen LogP contribution in [0.15, 0.2) is 41.2 Å². The smallest absolute Gasteiger partial charge is 0.124 e. The van der Waals surface area contributed by atoms with E-state index < -0.39 is 0 Å². The molecule has 1 aromatic carbocycles. The second-order valence-electron chi connectivity index (χ2n) is 3.67. The fourth-order valence-corrected chi connectivity index (χ4v) is 3.30. The van der Waals surface area contributed by atoms with Gasteiger partial charge in [0.1, 0.15) is 5.01 Å². The highest BCUT2D eigenvalue weighted by Crippen LogP contribution is 2.32. The van der Waals surface area contributed by atoms with Gasteiger partial charge in [-0.2, -0.15) is 0 Å². The number of aromatic nitrogens is 2. The Bertz CT molecular complexity index is 626. The molecule has 0 fully saturated rings. The van der Waals surface area contributed by atoms with Crippen LogP contribution < -0.4 is 0 Å². The molecule has 2 aromatic heterocycles. The van der Waals surface area contributed by atoms with Crippen molar-refractivity contribution in [1.29, 1.82) is 0 Å². The molecule has 0 N–H and O–H groups in total. The molecule has 0 aliphatic heterocycles. The van der Waals surface area contributed by atoms with Gasteiger partial charge >= 0.3 is 0 Å². The van der Waals surface area contributed by atoms with Crippen molar-refractivity contribution in [3.8, 4) is 21.1 Å². The third-order valence-corrected chi connectivity index (χ3v) is 4.35. The Morgan fingerprint density at radius 2 is 1.88 bits per heavy atom. The fraction of sp³-hybridized carbons (Fsp3) is 0.0769. The van der Waals surface area contributed by atoms with Crippen LogP contribution >= 0.6 is 22.7 Å². The number of rotatable bonds is 2. The fourth-order valence-electron chi connectivity index (χ4n) is 1.64. The van der Waals surface area contributed by atoms with Gasteiger partial charge in [-0.3, -0.25) is 0 Å². The second-order valence-corrected chi connectivity index (χ2v) is 5.38. The molecular weight excluding hydrogens is 248 g/mol. The van der Waals surface area contributed by atoms with Crippen molar-refractivity contribution in [3.05, 3.63) is 46.9 Å². The lowest BCUT2D eigenvalue weighted by atomic mass is 10.2. The molecule has 0 saturated heterocycles. The summed E-state index contributed by atoms with van der Waals surface area (Å²) in [6.07, 6.45) is 0. The predicted octanol–water partition coefficient (Wildman–Crippen LogP) is 4.24. The molecule has 0 aliphatic carbocycles. The van der Waals surface area contributed by atoms with E-state index in [2.05, 4.69) is 27.5 Å². The third-order valence-electron chi connectivity index (χ3n) is 2.50. The van der Waals surface area contributed by atoms with Crippen molar-refractivity contribution in [2.45, 2.75) is 6.92 Å². The van der Waals surface area contributed by atoms with Crippen LogP contribution in [0.4, 0.5) is 0 Å². The highest BCUT2D eigenvalue weighted by Gasteiger charge is 2.10. The molecule has 0 spiro atoms. The molecule has 0 unspecified atom stereocenters. The zero-order chi connectivity index (χ0) is 11.7. The maximum Gasteiger partial charge on any atom is 0.124 e. The van der Waals surface area contributed by atoms with Gasteiger partial charge in [0.05, 0.1) is 21.8 Å². The molecule has 2 nitrogen and oxygen atoms in total. The number of nitrogens with zero attached hydrogens (tertiary/aromatic N) is 2. The van der Waals surface area contributed by atoms with Gasteiger partial charge in [0.25, 0.3) is 0 Å². The van der Waals surface area contributed by atoms with Crippen LogP contribution in [0.3, 0.4) is 0 Å². The summed E-state index contributed by atoms with van der Waals surface area (Å²) < 4.78 is 0. The van der Waals surface area contributed by atoms with E-state index in [1.165, 1.54) is 10.4 Å². The Labute approximate surface area is 108 Å². The molecule has 0 atom stereocenters. The van der Waals surface area contributed by atoms with E-state index in [0.717, 1.165) is 16.4 Å². The van der Waals surface area contributed by atoms with Gasteiger partial charge in [0.2, 0.25) is 0 Å². The van der Waals surface area contributed by atoms with Gasteiger partial charge in [0, 0.05) is 10.9 Å². The third kappa shape index (κ3) is 2.01. The Balaban J connectivity index is 2.02. The number of hydrogen-bond acceptors (Lipinski definition) is 4. The topological polar surface area (TPSA) is 25.8 Å². The van der Waals surface area contributed by atoms with Crippen molar-refractivity contribution in [1.82, 2.24) is 9.97 Å². The molecule has 0 bridgehead atoms. The van der Waals surface area contributed by atoms with E-state index in [0.29, 0.717) is 0 Å². The van der Waals surface area contributed by atoms with E-state index in [1.54, 1.807) is 22.7 Å². The summed E-state index contributed by atoms with van der Waals surface area (Å²) in [7, 11) is 0. The Morgan fingerprint density at radius 3 is 2.59 bits per heavy atom. The van der Waals surface area contributed by atoms with Gasteiger partial charge < -0.3 is 0 Å². The Hall–Kier alpha value is -1.52. The first kappa shape index (κ1) is 10.6. The average Bonchev–Trinajstić information content (AvgIpc) is 2.98. The molecule has 0 aliphatic rings. The minimum Gasteiger partial charge on any atom is -0.249 e. The molecule has 4 heteroatoms. The normalized spacial score (nSPS) is 10.6. The lowest BCUT2D eigenvalue weighted by Crippen LogP contribution is -1.79. The zero-order valence-corrected chi connectivity index (χ0v) is 10.9. The highest BCUT2D eigenvalue weighted by atomic mass is 32.1. The van der Waals surface area contributed by atoms with Crippen molar-refractivity contribution >= 4 is 22.7 Å².